The fraction of sp³-hybridized carbons (Fsp3) is 0. The molecule has 194 valence electrons. The first kappa shape index (κ1) is 28.0. The van der Waals surface area contributed by atoms with E-state index in [4.69, 9.17) is 23.2 Å². The average molecular weight is 620 g/mol. The van der Waals surface area contributed by atoms with Gasteiger partial charge in [-0.3, -0.25) is 14.4 Å². The zero-order chi connectivity index (χ0) is 27.8. The van der Waals surface area contributed by atoms with Gasteiger partial charge in [-0.05, 0) is 84.0 Å². The first-order valence-corrected chi connectivity index (χ1v) is 13.3. The predicted octanol–water partition coefficient (Wildman–Crippen LogP) is 8.06. The van der Waals surface area contributed by atoms with Crippen LogP contribution in [0.4, 0.5) is 5.69 Å². The molecule has 2 N–H and O–H groups in total. The summed E-state index contributed by atoms with van der Waals surface area (Å²) < 4.78 is 0.831. The molecule has 0 heterocycles. The number of rotatable bonds is 8. The summed E-state index contributed by atoms with van der Waals surface area (Å²) in [7, 11) is 0. The molecule has 0 bridgehead atoms. The Morgan fingerprint density at radius 2 is 1.49 bits per heavy atom. The van der Waals surface area contributed by atoms with Gasteiger partial charge in [-0.2, -0.15) is 0 Å². The van der Waals surface area contributed by atoms with E-state index in [9.17, 15) is 14.4 Å². The Kier molecular flexibility index (Phi) is 9.49. The number of halogens is 3. The van der Waals surface area contributed by atoms with Crippen LogP contribution < -0.4 is 10.6 Å². The van der Waals surface area contributed by atoms with Crippen LogP contribution in [0.15, 0.2) is 113 Å². The topological polar surface area (TPSA) is 75.3 Å². The van der Waals surface area contributed by atoms with Crippen LogP contribution >= 0.6 is 39.1 Å². The lowest BCUT2D eigenvalue weighted by Crippen LogP contribution is -2.30. The summed E-state index contributed by atoms with van der Waals surface area (Å²) in [5.41, 5.74) is 2.69. The van der Waals surface area contributed by atoms with Crippen LogP contribution in [0.3, 0.4) is 0 Å². The van der Waals surface area contributed by atoms with Crippen molar-refractivity contribution < 1.29 is 14.4 Å². The molecule has 5 nitrogen and oxygen atoms in total. The molecule has 0 unspecified atom stereocenters. The Morgan fingerprint density at radius 3 is 2.21 bits per heavy atom. The van der Waals surface area contributed by atoms with Crippen LogP contribution in [0.25, 0.3) is 12.2 Å². The molecule has 0 atom stereocenters. The molecule has 0 fully saturated rings. The molecule has 0 aliphatic heterocycles. The molecular weight excluding hydrogens is 599 g/mol. The van der Waals surface area contributed by atoms with Gasteiger partial charge >= 0.3 is 0 Å². The van der Waals surface area contributed by atoms with Gasteiger partial charge in [-0.1, -0.05) is 81.6 Å². The van der Waals surface area contributed by atoms with Crippen LogP contribution in [0.5, 0.6) is 0 Å². The number of allylic oxidation sites excluding steroid dienone is 1. The molecule has 4 rings (SSSR count). The Bertz CT molecular complexity index is 1580. The zero-order valence-corrected chi connectivity index (χ0v) is 23.4. The molecule has 2 amide bonds. The number of carbonyl (C=O) groups is 3. The summed E-state index contributed by atoms with van der Waals surface area (Å²) in [4.78, 5) is 38.6. The maximum absolute atomic E-state index is 13.2. The van der Waals surface area contributed by atoms with E-state index in [1.165, 1.54) is 6.08 Å². The van der Waals surface area contributed by atoms with E-state index in [0.717, 1.165) is 10.0 Å². The van der Waals surface area contributed by atoms with Crippen molar-refractivity contribution >= 4 is 74.6 Å². The van der Waals surface area contributed by atoms with Crippen molar-refractivity contribution in [2.45, 2.75) is 0 Å². The van der Waals surface area contributed by atoms with Gasteiger partial charge in [0.15, 0.2) is 5.78 Å². The highest BCUT2D eigenvalue weighted by Gasteiger charge is 2.15. The smallest absolute Gasteiger partial charge is 0.272 e. The number of amides is 2. The van der Waals surface area contributed by atoms with Crippen molar-refractivity contribution in [2.24, 2.45) is 0 Å². The number of anilines is 1. The summed E-state index contributed by atoms with van der Waals surface area (Å²) >= 11 is 15.6. The molecule has 0 saturated carbocycles. The summed E-state index contributed by atoms with van der Waals surface area (Å²) in [6.45, 7) is 0. The molecule has 0 spiro atoms. The number of benzene rings is 4. The first-order valence-electron chi connectivity index (χ1n) is 11.7. The molecule has 39 heavy (non-hydrogen) atoms. The molecule has 0 radical (unpaired) electrons. The third-order valence-corrected chi connectivity index (χ3v) is 6.84. The van der Waals surface area contributed by atoms with Crippen molar-refractivity contribution in [1.82, 2.24) is 5.32 Å². The van der Waals surface area contributed by atoms with Crippen LogP contribution in [-0.4, -0.2) is 17.6 Å². The SMILES string of the molecule is O=C(Nc1ccc(C(=O)/C=C/c2cccc(Cl)c2Cl)cc1)/C(=C/c1cccc(Br)c1)NC(=O)c1ccccc1. The Balaban J connectivity index is 1.50. The standard InChI is InChI=1S/C31H21BrCl2N2O3/c32-24-10-4-6-20(18-24)19-27(36-30(38)23-7-2-1-3-8-23)31(39)35-25-15-12-21(13-16-25)28(37)17-14-22-9-5-11-26(33)29(22)34/h1-19H,(H,35,39)(H,36,38)/b17-14+,27-19-. The van der Waals surface area contributed by atoms with E-state index in [-0.39, 0.29) is 11.5 Å². The Labute approximate surface area is 244 Å². The third kappa shape index (κ3) is 7.77. The maximum Gasteiger partial charge on any atom is 0.272 e. The van der Waals surface area contributed by atoms with Gasteiger partial charge in [-0.15, -0.1) is 0 Å². The number of hydrogen-bond donors (Lipinski definition) is 2. The van der Waals surface area contributed by atoms with Gasteiger partial charge < -0.3 is 10.6 Å². The minimum atomic E-state index is -0.520. The quantitative estimate of drug-likeness (QED) is 0.155. The number of nitrogens with one attached hydrogen (secondary N) is 2. The fourth-order valence-corrected chi connectivity index (χ4v) is 4.32. The molecule has 0 saturated heterocycles. The van der Waals surface area contributed by atoms with Crippen LogP contribution in [0.2, 0.25) is 10.0 Å². The Hall–Kier alpha value is -3.97. The lowest BCUT2D eigenvalue weighted by Gasteiger charge is -2.12. The minimum absolute atomic E-state index is 0.0587. The van der Waals surface area contributed by atoms with Gasteiger partial charge in [0, 0.05) is 21.3 Å². The van der Waals surface area contributed by atoms with Crippen molar-refractivity contribution in [3.05, 3.63) is 146 Å². The van der Waals surface area contributed by atoms with Gasteiger partial charge in [0.25, 0.3) is 11.8 Å². The second-order valence-corrected chi connectivity index (χ2v) is 10.0. The summed E-state index contributed by atoms with van der Waals surface area (Å²) in [6, 6.07) is 27.5. The largest absolute Gasteiger partial charge is 0.321 e. The predicted molar refractivity (Wildman–Crippen MR) is 161 cm³/mol. The minimum Gasteiger partial charge on any atom is -0.321 e. The first-order chi connectivity index (χ1) is 18.8. The molecule has 0 aromatic heterocycles. The van der Waals surface area contributed by atoms with E-state index in [1.54, 1.807) is 84.9 Å². The lowest BCUT2D eigenvalue weighted by molar-refractivity contribution is -0.113. The van der Waals surface area contributed by atoms with E-state index in [0.29, 0.717) is 32.4 Å². The maximum atomic E-state index is 13.2. The highest BCUT2D eigenvalue weighted by Crippen LogP contribution is 2.26. The van der Waals surface area contributed by atoms with E-state index in [2.05, 4.69) is 26.6 Å². The average Bonchev–Trinajstić information content (AvgIpc) is 2.94. The van der Waals surface area contributed by atoms with Crippen LogP contribution in [-0.2, 0) is 4.79 Å². The highest BCUT2D eigenvalue weighted by atomic mass is 79.9. The van der Waals surface area contributed by atoms with E-state index < -0.39 is 11.8 Å². The molecule has 4 aromatic rings. The second-order valence-electron chi connectivity index (χ2n) is 8.31. The van der Waals surface area contributed by atoms with Crippen molar-refractivity contribution in [3.8, 4) is 0 Å². The molecule has 0 aliphatic rings. The van der Waals surface area contributed by atoms with Gasteiger partial charge in [0.2, 0.25) is 0 Å². The summed E-state index contributed by atoms with van der Waals surface area (Å²) in [5.74, 6) is -1.18. The van der Waals surface area contributed by atoms with Crippen LogP contribution in [0, 0.1) is 0 Å². The van der Waals surface area contributed by atoms with Crippen molar-refractivity contribution in [3.63, 3.8) is 0 Å². The molecule has 8 heteroatoms. The third-order valence-electron chi connectivity index (χ3n) is 5.51. The van der Waals surface area contributed by atoms with Crippen LogP contribution in [0.1, 0.15) is 31.8 Å². The van der Waals surface area contributed by atoms with E-state index in [1.807, 2.05) is 24.3 Å². The number of carbonyl (C=O) groups excluding carboxylic acids is 3. The fourth-order valence-electron chi connectivity index (χ4n) is 3.53. The number of hydrogen-bond acceptors (Lipinski definition) is 3. The highest BCUT2D eigenvalue weighted by molar-refractivity contribution is 9.10. The molecular formula is C31H21BrCl2N2O3. The van der Waals surface area contributed by atoms with Gasteiger partial charge in [-0.25, -0.2) is 0 Å². The van der Waals surface area contributed by atoms with Crippen molar-refractivity contribution in [1.29, 1.82) is 0 Å². The second kappa shape index (κ2) is 13.2. The molecule has 4 aromatic carbocycles. The summed E-state index contributed by atoms with van der Waals surface area (Å²) in [6.07, 6.45) is 4.59. The number of ketones is 1. The van der Waals surface area contributed by atoms with Gasteiger partial charge in [0.05, 0.1) is 10.0 Å². The lowest BCUT2D eigenvalue weighted by atomic mass is 10.1. The van der Waals surface area contributed by atoms with Gasteiger partial charge in [0.1, 0.15) is 5.70 Å². The molecule has 0 aliphatic carbocycles. The van der Waals surface area contributed by atoms with E-state index >= 15 is 0 Å². The summed E-state index contributed by atoms with van der Waals surface area (Å²) in [5, 5.41) is 6.25. The zero-order valence-electron chi connectivity index (χ0n) is 20.3. The Morgan fingerprint density at radius 1 is 0.769 bits per heavy atom. The monoisotopic (exact) mass is 618 g/mol. The van der Waals surface area contributed by atoms with Crippen molar-refractivity contribution in [2.75, 3.05) is 5.32 Å². The normalized spacial score (nSPS) is 11.3.